The fraction of sp³-hybridized carbons (Fsp3) is 0.700. The molecule has 0 aliphatic rings. The molecule has 5 N–H and O–H groups in total. The van der Waals surface area contributed by atoms with Gasteiger partial charge in [0.25, 0.3) is 0 Å². The summed E-state index contributed by atoms with van der Waals surface area (Å²) in [5.41, 5.74) is -0.0405. The molecule has 0 rings (SSSR count). The fourth-order valence-electron chi connectivity index (χ4n) is 0.918. The maximum atomic E-state index is 10.3. The molecule has 0 bridgehead atoms. The van der Waals surface area contributed by atoms with Gasteiger partial charge >= 0.3 is 17.9 Å². The summed E-state index contributed by atoms with van der Waals surface area (Å²) in [5.74, 6) is -5.02. The first kappa shape index (κ1) is 19.6. The van der Waals surface area contributed by atoms with E-state index in [-0.39, 0.29) is 0 Å². The molecule has 0 amide bonds. The molecule has 0 aliphatic heterocycles. The number of rotatable bonds is 8. The summed E-state index contributed by atoms with van der Waals surface area (Å²) in [6, 6.07) is 0. The zero-order valence-corrected chi connectivity index (χ0v) is 10.8. The molecule has 0 saturated carbocycles. The van der Waals surface area contributed by atoms with E-state index in [1.807, 2.05) is 0 Å². The SMILES string of the molecule is CCCNOC.O=C(O)CC(O)(CC(=O)O)C(=O)O. The van der Waals surface area contributed by atoms with Gasteiger partial charge in [0.15, 0.2) is 5.60 Å². The van der Waals surface area contributed by atoms with Crippen molar-refractivity contribution in [3.05, 3.63) is 0 Å². The van der Waals surface area contributed by atoms with Crippen LogP contribution in [0.5, 0.6) is 0 Å². The van der Waals surface area contributed by atoms with E-state index in [4.69, 9.17) is 20.4 Å². The molecule has 0 heterocycles. The highest BCUT2D eigenvalue weighted by Gasteiger charge is 2.40. The lowest BCUT2D eigenvalue weighted by Gasteiger charge is -2.18. The van der Waals surface area contributed by atoms with Crippen LogP contribution in [-0.2, 0) is 19.2 Å². The van der Waals surface area contributed by atoms with Crippen molar-refractivity contribution in [2.75, 3.05) is 13.7 Å². The van der Waals surface area contributed by atoms with Crippen molar-refractivity contribution in [1.29, 1.82) is 0 Å². The van der Waals surface area contributed by atoms with E-state index >= 15 is 0 Å². The van der Waals surface area contributed by atoms with Crippen molar-refractivity contribution in [2.24, 2.45) is 0 Å². The first-order chi connectivity index (χ1) is 8.69. The van der Waals surface area contributed by atoms with Crippen molar-refractivity contribution >= 4 is 17.9 Å². The van der Waals surface area contributed by atoms with Crippen molar-refractivity contribution in [2.45, 2.75) is 31.8 Å². The predicted octanol–water partition coefficient (Wildman–Crippen LogP) is -0.701. The molecule has 0 unspecified atom stereocenters. The Hall–Kier alpha value is -1.71. The molecule has 0 radical (unpaired) electrons. The van der Waals surface area contributed by atoms with Crippen molar-refractivity contribution in [1.82, 2.24) is 5.48 Å². The number of carboxylic acids is 3. The minimum atomic E-state index is -2.74. The molecule has 0 aromatic heterocycles. The van der Waals surface area contributed by atoms with Gasteiger partial charge in [-0.25, -0.2) is 10.3 Å². The van der Waals surface area contributed by atoms with Crippen LogP contribution in [0.3, 0.4) is 0 Å². The average molecular weight is 281 g/mol. The summed E-state index contributed by atoms with van der Waals surface area (Å²) in [5, 5.41) is 33.8. The van der Waals surface area contributed by atoms with Crippen LogP contribution < -0.4 is 5.48 Å². The zero-order valence-electron chi connectivity index (χ0n) is 10.8. The van der Waals surface area contributed by atoms with Gasteiger partial charge in [0.05, 0.1) is 20.0 Å². The predicted molar refractivity (Wildman–Crippen MR) is 62.4 cm³/mol. The third-order valence-corrected chi connectivity index (χ3v) is 1.78. The lowest BCUT2D eigenvalue weighted by molar-refractivity contribution is -0.170. The summed E-state index contributed by atoms with van der Waals surface area (Å²) in [7, 11) is 1.62. The minimum Gasteiger partial charge on any atom is -0.481 e. The van der Waals surface area contributed by atoms with E-state index in [1.54, 1.807) is 7.11 Å². The Morgan fingerprint density at radius 2 is 1.53 bits per heavy atom. The van der Waals surface area contributed by atoms with Crippen LogP contribution in [0.1, 0.15) is 26.2 Å². The second-order valence-corrected chi connectivity index (χ2v) is 3.58. The standard InChI is InChI=1S/C6H8O7.C4H11NO/c7-3(8)1-6(13,5(11)12)2-4(9)10;1-3-4-5-6-2/h13H,1-2H2,(H,7,8)(H,9,10)(H,11,12);5H,3-4H2,1-2H3. The molecule has 0 aliphatic carbocycles. The maximum absolute atomic E-state index is 10.3. The van der Waals surface area contributed by atoms with Crippen molar-refractivity contribution in [3.63, 3.8) is 0 Å². The Morgan fingerprint density at radius 3 is 1.68 bits per heavy atom. The average Bonchev–Trinajstić information content (AvgIpc) is 2.24. The molecule has 9 heteroatoms. The second-order valence-electron chi connectivity index (χ2n) is 3.58. The lowest BCUT2D eigenvalue weighted by atomic mass is 9.96. The summed E-state index contributed by atoms with van der Waals surface area (Å²) in [4.78, 5) is 35.0. The molecule has 0 aromatic carbocycles. The molecule has 0 atom stereocenters. The highest BCUT2D eigenvalue weighted by atomic mass is 16.6. The summed E-state index contributed by atoms with van der Waals surface area (Å²) in [6.45, 7) is 3.03. The summed E-state index contributed by atoms with van der Waals surface area (Å²) >= 11 is 0. The summed E-state index contributed by atoms with van der Waals surface area (Å²) < 4.78 is 0. The third-order valence-electron chi connectivity index (χ3n) is 1.78. The van der Waals surface area contributed by atoms with E-state index in [0.29, 0.717) is 0 Å². The van der Waals surface area contributed by atoms with Gasteiger partial charge in [-0.1, -0.05) is 6.92 Å². The second kappa shape index (κ2) is 10.2. The number of carbonyl (C=O) groups is 3. The number of hydrogen-bond acceptors (Lipinski definition) is 6. The Labute approximate surface area is 109 Å². The Kier molecular flexibility index (Phi) is 10.6. The molecular weight excluding hydrogens is 262 g/mol. The van der Waals surface area contributed by atoms with E-state index < -0.39 is 36.4 Å². The van der Waals surface area contributed by atoms with Gasteiger partial charge in [-0.15, -0.1) is 0 Å². The number of hydroxylamine groups is 1. The molecule has 9 nitrogen and oxygen atoms in total. The Morgan fingerprint density at radius 1 is 1.11 bits per heavy atom. The van der Waals surface area contributed by atoms with Gasteiger partial charge in [0, 0.05) is 6.54 Å². The smallest absolute Gasteiger partial charge is 0.336 e. The highest BCUT2D eigenvalue weighted by molar-refractivity contribution is 5.88. The van der Waals surface area contributed by atoms with E-state index in [9.17, 15) is 14.4 Å². The fourth-order valence-corrected chi connectivity index (χ4v) is 0.918. The van der Waals surface area contributed by atoms with Gasteiger partial charge in [-0.05, 0) is 6.42 Å². The number of aliphatic hydroxyl groups is 1. The van der Waals surface area contributed by atoms with Gasteiger partial charge in [0.2, 0.25) is 0 Å². The van der Waals surface area contributed by atoms with E-state index in [0.717, 1.165) is 13.0 Å². The molecule has 0 fully saturated rings. The first-order valence-corrected chi connectivity index (χ1v) is 5.34. The molecular formula is C10H19NO8. The van der Waals surface area contributed by atoms with E-state index in [1.165, 1.54) is 0 Å². The van der Waals surface area contributed by atoms with Crippen LogP contribution >= 0.6 is 0 Å². The highest BCUT2D eigenvalue weighted by Crippen LogP contribution is 2.15. The molecule has 0 aromatic rings. The van der Waals surface area contributed by atoms with Crippen LogP contribution in [0.25, 0.3) is 0 Å². The van der Waals surface area contributed by atoms with Crippen LogP contribution in [0, 0.1) is 0 Å². The Bertz CT molecular complexity index is 284. The molecule has 112 valence electrons. The lowest BCUT2D eigenvalue weighted by Crippen LogP contribution is -2.42. The third kappa shape index (κ3) is 11.1. The maximum Gasteiger partial charge on any atom is 0.336 e. The first-order valence-electron chi connectivity index (χ1n) is 5.34. The van der Waals surface area contributed by atoms with Crippen LogP contribution in [-0.4, -0.2) is 57.6 Å². The summed E-state index contributed by atoms with van der Waals surface area (Å²) in [6.07, 6.45) is -1.17. The number of nitrogens with one attached hydrogen (secondary N) is 1. The van der Waals surface area contributed by atoms with Crippen molar-refractivity contribution in [3.8, 4) is 0 Å². The van der Waals surface area contributed by atoms with Crippen molar-refractivity contribution < 1.29 is 39.6 Å². The van der Waals surface area contributed by atoms with Gasteiger partial charge in [0.1, 0.15) is 0 Å². The topological polar surface area (TPSA) is 153 Å². The zero-order chi connectivity index (χ0) is 15.5. The monoisotopic (exact) mass is 281 g/mol. The molecule has 19 heavy (non-hydrogen) atoms. The normalized spacial score (nSPS) is 10.3. The number of carboxylic acid groups (broad SMARTS) is 3. The van der Waals surface area contributed by atoms with Gasteiger partial charge in [-0.3, -0.25) is 9.59 Å². The van der Waals surface area contributed by atoms with Crippen LogP contribution in [0.15, 0.2) is 0 Å². The number of hydrogen-bond donors (Lipinski definition) is 5. The quantitative estimate of drug-likeness (QED) is 0.287. The van der Waals surface area contributed by atoms with Crippen LogP contribution in [0.4, 0.5) is 0 Å². The van der Waals surface area contributed by atoms with Crippen LogP contribution in [0.2, 0.25) is 0 Å². The number of aliphatic carboxylic acids is 3. The largest absolute Gasteiger partial charge is 0.481 e. The molecule has 0 saturated heterocycles. The van der Waals surface area contributed by atoms with Gasteiger partial charge in [-0.2, -0.15) is 0 Å². The van der Waals surface area contributed by atoms with E-state index in [2.05, 4.69) is 17.2 Å². The minimum absolute atomic E-state index is 0.941. The van der Waals surface area contributed by atoms with Gasteiger partial charge < -0.3 is 25.3 Å². The molecule has 0 spiro atoms. The Balaban J connectivity index is 0.